The third kappa shape index (κ3) is 5.80. The molecule has 1 spiro atoms. The van der Waals surface area contributed by atoms with Crippen molar-refractivity contribution in [3.63, 3.8) is 0 Å². The summed E-state index contributed by atoms with van der Waals surface area (Å²) in [6, 6.07) is 7.65. The van der Waals surface area contributed by atoms with E-state index in [0.29, 0.717) is 44.7 Å². The number of hydrogen-bond donors (Lipinski definition) is 1. The first-order valence-corrected chi connectivity index (χ1v) is 11.5. The first-order chi connectivity index (χ1) is 16.6. The van der Waals surface area contributed by atoms with Crippen molar-refractivity contribution in [2.75, 3.05) is 38.0 Å². The molecule has 2 saturated heterocycles. The summed E-state index contributed by atoms with van der Waals surface area (Å²) < 4.78 is 66.2. The van der Waals surface area contributed by atoms with Gasteiger partial charge in [0.2, 0.25) is 5.91 Å². The Morgan fingerprint density at radius 1 is 0.914 bits per heavy atom. The van der Waals surface area contributed by atoms with Gasteiger partial charge in [-0.15, -0.1) is 0 Å². The van der Waals surface area contributed by atoms with Gasteiger partial charge in [-0.05, 0) is 74.0 Å². The summed E-state index contributed by atoms with van der Waals surface area (Å²) in [4.78, 5) is 28.7. The Labute approximate surface area is 199 Å². The van der Waals surface area contributed by atoms with Crippen LogP contribution < -0.4 is 5.32 Å². The van der Waals surface area contributed by atoms with Crippen LogP contribution in [-0.2, 0) is 11.0 Å². The fourth-order valence-corrected chi connectivity index (χ4v) is 5.04. The van der Waals surface area contributed by atoms with Crippen LogP contribution in [0, 0.1) is 17.0 Å². The van der Waals surface area contributed by atoms with Crippen molar-refractivity contribution in [3.8, 4) is 0 Å². The van der Waals surface area contributed by atoms with Crippen molar-refractivity contribution in [1.29, 1.82) is 0 Å². The Morgan fingerprint density at radius 3 is 2.14 bits per heavy atom. The van der Waals surface area contributed by atoms with Crippen molar-refractivity contribution < 1.29 is 31.5 Å². The van der Waals surface area contributed by atoms with E-state index in [-0.39, 0.29) is 17.9 Å². The minimum Gasteiger partial charge on any atom is -0.338 e. The lowest BCUT2D eigenvalue weighted by Gasteiger charge is -2.47. The van der Waals surface area contributed by atoms with Crippen LogP contribution >= 0.6 is 0 Å². The summed E-state index contributed by atoms with van der Waals surface area (Å²) in [6.45, 7) is 2.21. The number of alkyl halides is 3. The highest BCUT2D eigenvalue weighted by molar-refractivity contribution is 5.95. The number of anilines is 1. The molecule has 2 aliphatic rings. The predicted molar refractivity (Wildman–Crippen MR) is 120 cm³/mol. The van der Waals surface area contributed by atoms with Crippen molar-refractivity contribution in [3.05, 3.63) is 65.2 Å². The van der Waals surface area contributed by atoms with Crippen LogP contribution in [0.15, 0.2) is 42.5 Å². The Hall–Kier alpha value is -3.01. The SMILES string of the molecule is O=C(CN1CCCC2(CCN(C(=O)c3c(F)cccc3F)CC2)C1)Nc1ccc(C(F)(F)F)cc1. The number of hydrogen-bond acceptors (Lipinski definition) is 3. The second-order valence-electron chi connectivity index (χ2n) is 9.33. The minimum absolute atomic E-state index is 0.0998. The molecule has 2 aromatic carbocycles. The summed E-state index contributed by atoms with van der Waals surface area (Å²) in [5.74, 6) is -2.72. The van der Waals surface area contributed by atoms with E-state index in [0.717, 1.165) is 37.1 Å². The molecule has 0 unspecified atom stereocenters. The van der Waals surface area contributed by atoms with Gasteiger partial charge in [-0.1, -0.05) is 6.07 Å². The number of carbonyl (C=O) groups excluding carboxylic acids is 2. The largest absolute Gasteiger partial charge is 0.416 e. The lowest BCUT2D eigenvalue weighted by Crippen LogP contribution is -2.52. The topological polar surface area (TPSA) is 52.7 Å². The van der Waals surface area contributed by atoms with E-state index in [4.69, 9.17) is 0 Å². The Morgan fingerprint density at radius 2 is 1.54 bits per heavy atom. The van der Waals surface area contributed by atoms with Crippen molar-refractivity contribution in [2.45, 2.75) is 31.9 Å². The number of amides is 2. The van der Waals surface area contributed by atoms with Crippen molar-refractivity contribution in [2.24, 2.45) is 5.41 Å². The molecule has 1 N–H and O–H groups in total. The van der Waals surface area contributed by atoms with Gasteiger partial charge in [-0.3, -0.25) is 14.5 Å². The summed E-state index contributed by atoms with van der Waals surface area (Å²) >= 11 is 0. The van der Waals surface area contributed by atoms with Gasteiger partial charge in [0.05, 0.1) is 12.1 Å². The molecule has 0 bridgehead atoms. The number of likely N-dealkylation sites (tertiary alicyclic amines) is 2. The van der Waals surface area contributed by atoms with Crippen LogP contribution in [0.4, 0.5) is 27.6 Å². The molecule has 2 heterocycles. The summed E-state index contributed by atoms with van der Waals surface area (Å²) in [7, 11) is 0. The van der Waals surface area contributed by atoms with Crippen LogP contribution in [0.25, 0.3) is 0 Å². The normalized spacial score (nSPS) is 18.5. The molecule has 0 atom stereocenters. The van der Waals surface area contributed by atoms with Gasteiger partial charge in [0, 0.05) is 25.3 Å². The lowest BCUT2D eigenvalue weighted by atomic mass is 9.72. The van der Waals surface area contributed by atoms with Crippen molar-refractivity contribution >= 4 is 17.5 Å². The standard InChI is InChI=1S/C25H26F5N3O2/c26-19-3-1-4-20(27)22(19)23(35)33-13-10-24(11-14-33)9-2-12-32(16-24)15-21(34)31-18-7-5-17(6-8-18)25(28,29)30/h1,3-8H,2,9-16H2,(H,31,34). The van der Waals surface area contributed by atoms with Crippen LogP contribution in [0.2, 0.25) is 0 Å². The second-order valence-corrected chi connectivity index (χ2v) is 9.33. The molecule has 0 aliphatic carbocycles. The fraction of sp³-hybridized carbons (Fsp3) is 0.440. The third-order valence-corrected chi connectivity index (χ3v) is 6.89. The summed E-state index contributed by atoms with van der Waals surface area (Å²) in [6.07, 6.45) is -1.32. The quantitative estimate of drug-likeness (QED) is 0.612. The van der Waals surface area contributed by atoms with E-state index in [2.05, 4.69) is 5.32 Å². The first kappa shape index (κ1) is 25.1. The molecule has 2 aromatic rings. The van der Waals surface area contributed by atoms with Gasteiger partial charge >= 0.3 is 6.18 Å². The van der Waals surface area contributed by atoms with Crippen LogP contribution in [0.3, 0.4) is 0 Å². The molecule has 10 heteroatoms. The summed E-state index contributed by atoms with van der Waals surface area (Å²) in [5.41, 5.74) is -1.12. The first-order valence-electron chi connectivity index (χ1n) is 11.5. The summed E-state index contributed by atoms with van der Waals surface area (Å²) in [5, 5.41) is 2.64. The maximum absolute atomic E-state index is 14.0. The van der Waals surface area contributed by atoms with Gasteiger partial charge in [0.1, 0.15) is 17.2 Å². The molecule has 2 aliphatic heterocycles. The zero-order valence-electron chi connectivity index (χ0n) is 19.0. The maximum Gasteiger partial charge on any atom is 0.416 e. The molecule has 0 aromatic heterocycles. The molecule has 2 amide bonds. The number of benzene rings is 2. The molecule has 5 nitrogen and oxygen atoms in total. The van der Waals surface area contributed by atoms with Crippen LogP contribution in [0.1, 0.15) is 41.6 Å². The van der Waals surface area contributed by atoms with E-state index in [1.165, 1.54) is 23.1 Å². The monoisotopic (exact) mass is 495 g/mol. The highest BCUT2D eigenvalue weighted by Crippen LogP contribution is 2.40. The van der Waals surface area contributed by atoms with Gasteiger partial charge in [-0.2, -0.15) is 13.2 Å². The zero-order valence-corrected chi connectivity index (χ0v) is 19.0. The molecule has 35 heavy (non-hydrogen) atoms. The highest BCUT2D eigenvalue weighted by Gasteiger charge is 2.40. The Balaban J connectivity index is 1.31. The Bertz CT molecular complexity index is 1060. The maximum atomic E-state index is 14.0. The molecular weight excluding hydrogens is 469 g/mol. The van der Waals surface area contributed by atoms with E-state index in [1.54, 1.807) is 0 Å². The van der Waals surface area contributed by atoms with E-state index < -0.39 is 34.8 Å². The van der Waals surface area contributed by atoms with Gasteiger partial charge in [0.15, 0.2) is 0 Å². The lowest BCUT2D eigenvalue weighted by molar-refractivity contribution is -0.137. The fourth-order valence-electron chi connectivity index (χ4n) is 5.04. The molecule has 0 radical (unpaired) electrons. The number of rotatable bonds is 4. The number of piperidine rings is 2. The average Bonchev–Trinajstić information content (AvgIpc) is 2.79. The average molecular weight is 495 g/mol. The number of nitrogens with one attached hydrogen (secondary N) is 1. The van der Waals surface area contributed by atoms with Crippen LogP contribution in [0.5, 0.6) is 0 Å². The highest BCUT2D eigenvalue weighted by atomic mass is 19.4. The molecule has 188 valence electrons. The van der Waals surface area contributed by atoms with E-state index in [9.17, 15) is 31.5 Å². The molecule has 2 fully saturated rings. The number of nitrogens with zero attached hydrogens (tertiary/aromatic N) is 2. The van der Waals surface area contributed by atoms with E-state index >= 15 is 0 Å². The van der Waals surface area contributed by atoms with Crippen LogP contribution in [-0.4, -0.2) is 54.3 Å². The molecular formula is C25H26F5N3O2. The van der Waals surface area contributed by atoms with Gasteiger partial charge in [0.25, 0.3) is 5.91 Å². The second kappa shape index (κ2) is 9.93. The zero-order chi connectivity index (χ0) is 25.2. The molecule has 4 rings (SSSR count). The smallest absolute Gasteiger partial charge is 0.338 e. The number of halogens is 5. The van der Waals surface area contributed by atoms with Gasteiger partial charge in [-0.25, -0.2) is 8.78 Å². The third-order valence-electron chi connectivity index (χ3n) is 6.89. The minimum atomic E-state index is -4.44. The predicted octanol–water partition coefficient (Wildman–Crippen LogP) is 4.94. The molecule has 0 saturated carbocycles. The van der Waals surface area contributed by atoms with Gasteiger partial charge < -0.3 is 10.2 Å². The van der Waals surface area contributed by atoms with Crippen molar-refractivity contribution in [1.82, 2.24) is 9.80 Å². The van der Waals surface area contributed by atoms with E-state index in [1.807, 2.05) is 4.90 Å². The Kier molecular flexibility index (Phi) is 7.12. The number of carbonyl (C=O) groups is 2.